The van der Waals surface area contributed by atoms with Crippen LogP contribution in [0.15, 0.2) is 11.6 Å². The monoisotopic (exact) mass is 429 g/mol. The molecule has 4 heteroatoms. The standard InChI is InChI=1S/C26H39NO2S/c1-18-5-7-20(8-6-18)21-9-11-27(14-19-10-12-29-17-19)15-23(21)22-13-25(26(2,3)4)30-24(22)16-28/h13,16,18-20H,5-12,14-15,17H2,1-4H3. The summed E-state index contributed by atoms with van der Waals surface area (Å²) < 4.78 is 5.63. The molecule has 3 aliphatic rings. The summed E-state index contributed by atoms with van der Waals surface area (Å²) in [5.41, 5.74) is 4.47. The van der Waals surface area contributed by atoms with Crippen molar-refractivity contribution in [3.8, 4) is 0 Å². The van der Waals surface area contributed by atoms with E-state index in [2.05, 4.69) is 38.7 Å². The molecule has 166 valence electrons. The van der Waals surface area contributed by atoms with Crippen molar-refractivity contribution in [2.75, 3.05) is 32.8 Å². The highest BCUT2D eigenvalue weighted by molar-refractivity contribution is 7.14. The molecule has 0 radical (unpaired) electrons. The summed E-state index contributed by atoms with van der Waals surface area (Å²) in [4.78, 5) is 16.9. The molecule has 4 rings (SSSR count). The molecule has 0 amide bonds. The summed E-state index contributed by atoms with van der Waals surface area (Å²) in [7, 11) is 0. The van der Waals surface area contributed by atoms with Gasteiger partial charge in [-0.15, -0.1) is 11.3 Å². The summed E-state index contributed by atoms with van der Waals surface area (Å²) in [6.07, 6.45) is 8.80. The minimum Gasteiger partial charge on any atom is -0.381 e. The lowest BCUT2D eigenvalue weighted by Crippen LogP contribution is -2.37. The summed E-state index contributed by atoms with van der Waals surface area (Å²) >= 11 is 1.70. The molecule has 1 unspecified atom stereocenters. The second-order valence-corrected chi connectivity index (χ2v) is 12.0. The van der Waals surface area contributed by atoms with Crippen molar-refractivity contribution in [1.29, 1.82) is 0 Å². The molecule has 1 aliphatic carbocycles. The van der Waals surface area contributed by atoms with Gasteiger partial charge in [-0.25, -0.2) is 0 Å². The first kappa shape index (κ1) is 22.2. The molecule has 0 aromatic carbocycles. The second-order valence-electron chi connectivity index (χ2n) is 10.9. The van der Waals surface area contributed by atoms with Gasteiger partial charge in [-0.05, 0) is 60.5 Å². The quantitative estimate of drug-likeness (QED) is 0.523. The number of carbonyl (C=O) groups is 1. The normalized spacial score (nSPS) is 28.9. The third-order valence-electron chi connectivity index (χ3n) is 7.45. The Morgan fingerprint density at radius 1 is 1.20 bits per heavy atom. The maximum absolute atomic E-state index is 12.1. The average molecular weight is 430 g/mol. The molecule has 2 aliphatic heterocycles. The maximum Gasteiger partial charge on any atom is 0.160 e. The van der Waals surface area contributed by atoms with Gasteiger partial charge in [-0.2, -0.15) is 0 Å². The number of hydrogen-bond acceptors (Lipinski definition) is 4. The van der Waals surface area contributed by atoms with E-state index >= 15 is 0 Å². The third-order valence-corrected chi connectivity index (χ3v) is 8.93. The van der Waals surface area contributed by atoms with Crippen LogP contribution in [-0.2, 0) is 10.2 Å². The van der Waals surface area contributed by atoms with Gasteiger partial charge in [0.05, 0.1) is 11.5 Å². The Kier molecular flexibility index (Phi) is 6.86. The lowest BCUT2D eigenvalue weighted by Gasteiger charge is -2.37. The molecule has 1 saturated carbocycles. The minimum absolute atomic E-state index is 0.0806. The molecular weight excluding hydrogens is 390 g/mol. The van der Waals surface area contributed by atoms with Crippen LogP contribution >= 0.6 is 11.3 Å². The van der Waals surface area contributed by atoms with Gasteiger partial charge in [0.1, 0.15) is 0 Å². The smallest absolute Gasteiger partial charge is 0.160 e. The summed E-state index contributed by atoms with van der Waals surface area (Å²) in [6, 6.07) is 2.34. The molecule has 1 saturated heterocycles. The van der Waals surface area contributed by atoms with Crippen LogP contribution in [0, 0.1) is 17.8 Å². The van der Waals surface area contributed by atoms with Crippen molar-refractivity contribution < 1.29 is 9.53 Å². The van der Waals surface area contributed by atoms with E-state index in [0.29, 0.717) is 11.8 Å². The number of nitrogens with zero attached hydrogens (tertiary/aromatic N) is 1. The number of carbonyl (C=O) groups excluding carboxylic acids is 1. The van der Waals surface area contributed by atoms with Crippen molar-refractivity contribution in [2.45, 2.75) is 71.6 Å². The van der Waals surface area contributed by atoms with E-state index in [1.807, 2.05) is 0 Å². The van der Waals surface area contributed by atoms with E-state index in [0.717, 1.165) is 49.9 Å². The van der Waals surface area contributed by atoms with Crippen molar-refractivity contribution in [2.24, 2.45) is 17.8 Å². The van der Waals surface area contributed by atoms with Crippen LogP contribution in [0.4, 0.5) is 0 Å². The average Bonchev–Trinajstić information content (AvgIpc) is 3.38. The Morgan fingerprint density at radius 3 is 2.60 bits per heavy atom. The summed E-state index contributed by atoms with van der Waals surface area (Å²) in [5, 5.41) is 0. The van der Waals surface area contributed by atoms with Crippen molar-refractivity contribution >= 4 is 23.2 Å². The first-order chi connectivity index (χ1) is 14.3. The highest BCUT2D eigenvalue weighted by Gasteiger charge is 2.31. The van der Waals surface area contributed by atoms with Gasteiger partial charge in [0, 0.05) is 36.7 Å². The molecule has 0 spiro atoms. The number of ether oxygens (including phenoxy) is 1. The summed E-state index contributed by atoms with van der Waals surface area (Å²) in [5.74, 6) is 2.25. The number of hydrogen-bond donors (Lipinski definition) is 0. The van der Waals surface area contributed by atoms with Gasteiger partial charge >= 0.3 is 0 Å². The van der Waals surface area contributed by atoms with Gasteiger partial charge in [0.2, 0.25) is 0 Å². The molecule has 30 heavy (non-hydrogen) atoms. The lowest BCUT2D eigenvalue weighted by atomic mass is 9.75. The fourth-order valence-corrected chi connectivity index (χ4v) is 6.56. The van der Waals surface area contributed by atoms with E-state index in [1.54, 1.807) is 16.9 Å². The van der Waals surface area contributed by atoms with E-state index in [1.165, 1.54) is 54.5 Å². The molecule has 1 aromatic rings. The van der Waals surface area contributed by atoms with E-state index in [-0.39, 0.29) is 5.41 Å². The van der Waals surface area contributed by atoms with Gasteiger partial charge in [0.25, 0.3) is 0 Å². The van der Waals surface area contributed by atoms with Crippen LogP contribution in [0.5, 0.6) is 0 Å². The predicted molar refractivity (Wildman–Crippen MR) is 126 cm³/mol. The van der Waals surface area contributed by atoms with Gasteiger partial charge in [0.15, 0.2) is 6.29 Å². The van der Waals surface area contributed by atoms with Crippen LogP contribution in [0.2, 0.25) is 0 Å². The minimum atomic E-state index is 0.0806. The maximum atomic E-state index is 12.1. The van der Waals surface area contributed by atoms with Crippen LogP contribution in [-0.4, -0.2) is 44.0 Å². The Morgan fingerprint density at radius 2 is 1.97 bits per heavy atom. The molecule has 2 fully saturated rings. The van der Waals surface area contributed by atoms with Crippen molar-refractivity contribution in [1.82, 2.24) is 4.90 Å². The van der Waals surface area contributed by atoms with Gasteiger partial charge < -0.3 is 4.74 Å². The molecule has 3 nitrogen and oxygen atoms in total. The molecule has 0 bridgehead atoms. The Labute approximate surface area is 186 Å². The third kappa shape index (κ3) is 4.92. The SMILES string of the molecule is CC1CCC(C2=C(c3cc(C(C)(C)C)sc3C=O)CN(CC3CCOC3)CC2)CC1. The van der Waals surface area contributed by atoms with Gasteiger partial charge in [-0.3, -0.25) is 9.69 Å². The Balaban J connectivity index is 1.67. The van der Waals surface area contributed by atoms with Gasteiger partial charge in [-0.1, -0.05) is 46.1 Å². The fraction of sp³-hybridized carbons (Fsp3) is 0.731. The Bertz CT molecular complexity index is 773. The summed E-state index contributed by atoms with van der Waals surface area (Å²) in [6.45, 7) is 14.3. The zero-order valence-electron chi connectivity index (χ0n) is 19.3. The number of rotatable bonds is 5. The second kappa shape index (κ2) is 9.26. The molecule has 3 heterocycles. The van der Waals surface area contributed by atoms with E-state index < -0.39 is 0 Å². The van der Waals surface area contributed by atoms with Crippen molar-refractivity contribution in [3.63, 3.8) is 0 Å². The van der Waals surface area contributed by atoms with Crippen LogP contribution in [0.1, 0.15) is 86.3 Å². The molecule has 1 aromatic heterocycles. The largest absolute Gasteiger partial charge is 0.381 e. The van der Waals surface area contributed by atoms with E-state index in [9.17, 15) is 4.79 Å². The van der Waals surface area contributed by atoms with Crippen molar-refractivity contribution in [3.05, 3.63) is 27.0 Å². The topological polar surface area (TPSA) is 29.5 Å². The first-order valence-corrected chi connectivity index (χ1v) is 12.8. The van der Waals surface area contributed by atoms with Crippen LogP contribution < -0.4 is 0 Å². The molecule has 0 N–H and O–H groups in total. The van der Waals surface area contributed by atoms with E-state index in [4.69, 9.17) is 4.74 Å². The van der Waals surface area contributed by atoms with Crippen LogP contribution in [0.3, 0.4) is 0 Å². The highest BCUT2D eigenvalue weighted by atomic mass is 32.1. The molecular formula is C26H39NO2S. The first-order valence-electron chi connectivity index (χ1n) is 12.0. The fourth-order valence-electron chi connectivity index (χ4n) is 5.50. The lowest BCUT2D eigenvalue weighted by molar-refractivity contribution is 0.112. The zero-order chi connectivity index (χ0) is 21.3. The molecule has 1 atom stereocenters. The zero-order valence-corrected chi connectivity index (χ0v) is 20.2. The predicted octanol–water partition coefficient (Wildman–Crippen LogP) is 6.18. The number of thiophene rings is 1. The number of aldehydes is 1. The highest BCUT2D eigenvalue weighted by Crippen LogP contribution is 2.43. The Hall–Kier alpha value is -0.970. The van der Waals surface area contributed by atoms with Crippen LogP contribution in [0.25, 0.3) is 5.57 Å².